The van der Waals surface area contributed by atoms with Crippen molar-refractivity contribution in [1.29, 1.82) is 0 Å². The molecule has 0 N–H and O–H groups in total. The first-order chi connectivity index (χ1) is 9.90. The zero-order valence-electron chi connectivity index (χ0n) is 15.8. The highest BCUT2D eigenvalue weighted by molar-refractivity contribution is 5.27. The molecular formula is C21H40. The number of hydrogen-bond donors (Lipinski definition) is 0. The summed E-state index contributed by atoms with van der Waals surface area (Å²) in [6.07, 6.45) is 14.0. The van der Waals surface area contributed by atoms with Crippen molar-refractivity contribution in [2.45, 2.75) is 87.0 Å². The van der Waals surface area contributed by atoms with E-state index in [4.69, 9.17) is 0 Å². The molecule has 0 radical (unpaired) electrons. The van der Waals surface area contributed by atoms with Crippen LogP contribution in [0.3, 0.4) is 0 Å². The van der Waals surface area contributed by atoms with Gasteiger partial charge in [0.1, 0.15) is 0 Å². The van der Waals surface area contributed by atoms with Crippen LogP contribution in [0, 0.1) is 11.8 Å². The summed E-state index contributed by atoms with van der Waals surface area (Å²) in [4.78, 5) is 0. The Hall–Kier alpha value is -0.780. The van der Waals surface area contributed by atoms with Gasteiger partial charge in [0.05, 0.1) is 0 Å². The van der Waals surface area contributed by atoms with E-state index in [2.05, 4.69) is 73.3 Å². The quantitative estimate of drug-likeness (QED) is 0.381. The standard InChI is InChI=1S/C12H20.C9H20/c1-5-8-9-12(7-3)10-11(4)6-2;1-5-9(4)7-6-8(2)3/h8-10H,4-7H2,1-3H3;8-9H,5-7H2,1-4H3/b9-8-,12-10-;. The molecule has 0 fully saturated rings. The number of hydrogen-bond acceptors (Lipinski definition) is 0. The zero-order valence-corrected chi connectivity index (χ0v) is 15.8. The van der Waals surface area contributed by atoms with Crippen LogP contribution in [0.15, 0.2) is 36.0 Å². The first-order valence-corrected chi connectivity index (χ1v) is 8.95. The maximum Gasteiger partial charge on any atom is -0.0307 e. The molecule has 0 rings (SSSR count). The normalized spacial score (nSPS) is 13.2. The summed E-state index contributed by atoms with van der Waals surface area (Å²) in [6, 6.07) is 0. The van der Waals surface area contributed by atoms with Gasteiger partial charge in [0.2, 0.25) is 0 Å². The Morgan fingerprint density at radius 3 is 1.95 bits per heavy atom. The second-order valence-electron chi connectivity index (χ2n) is 6.38. The Kier molecular flexibility index (Phi) is 16.7. The van der Waals surface area contributed by atoms with Crippen LogP contribution in [0.4, 0.5) is 0 Å². The lowest BCUT2D eigenvalue weighted by Gasteiger charge is -2.09. The predicted molar refractivity (Wildman–Crippen MR) is 101 cm³/mol. The number of allylic oxidation sites excluding steroid dienone is 5. The smallest absolute Gasteiger partial charge is 0.0307 e. The van der Waals surface area contributed by atoms with Gasteiger partial charge in [-0.25, -0.2) is 0 Å². The molecule has 1 unspecified atom stereocenters. The van der Waals surface area contributed by atoms with Gasteiger partial charge in [-0.1, -0.05) is 98.1 Å². The maximum absolute atomic E-state index is 3.96. The zero-order chi connectivity index (χ0) is 16.7. The van der Waals surface area contributed by atoms with Gasteiger partial charge in [-0.2, -0.15) is 0 Å². The average Bonchev–Trinajstić information content (AvgIpc) is 2.49. The molecule has 0 bridgehead atoms. The summed E-state index contributed by atoms with van der Waals surface area (Å²) in [5.74, 6) is 1.83. The van der Waals surface area contributed by atoms with E-state index in [-0.39, 0.29) is 0 Å². The van der Waals surface area contributed by atoms with Gasteiger partial charge in [0, 0.05) is 0 Å². The highest BCUT2D eigenvalue weighted by Gasteiger charge is 1.99. The molecule has 1 atom stereocenters. The van der Waals surface area contributed by atoms with Gasteiger partial charge < -0.3 is 0 Å². The summed E-state index contributed by atoms with van der Waals surface area (Å²) in [7, 11) is 0. The van der Waals surface area contributed by atoms with E-state index < -0.39 is 0 Å². The summed E-state index contributed by atoms with van der Waals surface area (Å²) in [6.45, 7) is 19.6. The molecule has 0 aliphatic heterocycles. The van der Waals surface area contributed by atoms with Crippen LogP contribution < -0.4 is 0 Å². The Morgan fingerprint density at radius 2 is 1.57 bits per heavy atom. The molecule has 0 aliphatic rings. The Balaban J connectivity index is 0. The van der Waals surface area contributed by atoms with Gasteiger partial charge in [-0.15, -0.1) is 0 Å². The molecule has 0 spiro atoms. The molecule has 0 aliphatic carbocycles. The second kappa shape index (κ2) is 15.6. The van der Waals surface area contributed by atoms with Crippen LogP contribution in [0.2, 0.25) is 0 Å². The molecule has 21 heavy (non-hydrogen) atoms. The SMILES string of the molecule is C=C(/C=C(\C=C/CC)CC)CC.CCC(C)CCC(C)C. The largest absolute Gasteiger partial charge is 0.0958 e. The van der Waals surface area contributed by atoms with Crippen LogP contribution >= 0.6 is 0 Å². The van der Waals surface area contributed by atoms with Crippen LogP contribution in [-0.4, -0.2) is 0 Å². The van der Waals surface area contributed by atoms with Crippen molar-refractivity contribution in [2.75, 3.05) is 0 Å². The Labute approximate surface area is 135 Å². The lowest BCUT2D eigenvalue weighted by Crippen LogP contribution is -1.95. The first kappa shape index (κ1) is 22.5. The van der Waals surface area contributed by atoms with E-state index in [1.165, 1.54) is 30.4 Å². The molecule has 0 amide bonds. The third-order valence-corrected chi connectivity index (χ3v) is 3.75. The van der Waals surface area contributed by atoms with Crippen molar-refractivity contribution < 1.29 is 0 Å². The van der Waals surface area contributed by atoms with Crippen molar-refractivity contribution in [3.63, 3.8) is 0 Å². The second-order valence-corrected chi connectivity index (χ2v) is 6.38. The van der Waals surface area contributed by atoms with Gasteiger partial charge in [0.15, 0.2) is 0 Å². The fourth-order valence-corrected chi connectivity index (χ4v) is 1.72. The predicted octanol–water partition coefficient (Wildman–Crippen LogP) is 7.72. The van der Waals surface area contributed by atoms with Crippen molar-refractivity contribution in [3.05, 3.63) is 36.0 Å². The van der Waals surface area contributed by atoms with E-state index in [9.17, 15) is 0 Å². The van der Waals surface area contributed by atoms with Gasteiger partial charge in [0.25, 0.3) is 0 Å². The van der Waals surface area contributed by atoms with E-state index in [1.807, 2.05) is 0 Å². The summed E-state index contributed by atoms with van der Waals surface area (Å²) < 4.78 is 0. The summed E-state index contributed by atoms with van der Waals surface area (Å²) in [5, 5.41) is 0. The molecular weight excluding hydrogens is 252 g/mol. The lowest BCUT2D eigenvalue weighted by atomic mass is 9.98. The van der Waals surface area contributed by atoms with Crippen LogP contribution in [0.5, 0.6) is 0 Å². The van der Waals surface area contributed by atoms with Gasteiger partial charge in [-0.05, 0) is 36.7 Å². The highest BCUT2D eigenvalue weighted by Crippen LogP contribution is 2.13. The Morgan fingerprint density at radius 1 is 0.952 bits per heavy atom. The topological polar surface area (TPSA) is 0 Å². The van der Waals surface area contributed by atoms with Crippen LogP contribution in [-0.2, 0) is 0 Å². The number of rotatable bonds is 9. The fraction of sp³-hybridized carbons (Fsp3) is 0.714. The first-order valence-electron chi connectivity index (χ1n) is 8.95. The van der Waals surface area contributed by atoms with Crippen LogP contribution in [0.25, 0.3) is 0 Å². The monoisotopic (exact) mass is 292 g/mol. The summed E-state index contributed by atoms with van der Waals surface area (Å²) >= 11 is 0. The minimum atomic E-state index is 0.888. The molecule has 0 saturated heterocycles. The molecule has 124 valence electrons. The minimum Gasteiger partial charge on any atom is -0.0958 e. The van der Waals surface area contributed by atoms with E-state index in [0.717, 1.165) is 31.1 Å². The molecule has 0 heteroatoms. The molecule has 0 aromatic carbocycles. The summed E-state index contributed by atoms with van der Waals surface area (Å²) in [5.41, 5.74) is 2.59. The average molecular weight is 293 g/mol. The van der Waals surface area contributed by atoms with Crippen LogP contribution in [0.1, 0.15) is 87.0 Å². The third-order valence-electron chi connectivity index (χ3n) is 3.75. The van der Waals surface area contributed by atoms with Crippen molar-refractivity contribution in [2.24, 2.45) is 11.8 Å². The minimum absolute atomic E-state index is 0.888. The van der Waals surface area contributed by atoms with Crippen molar-refractivity contribution >= 4 is 0 Å². The molecule has 0 nitrogen and oxygen atoms in total. The molecule has 0 heterocycles. The van der Waals surface area contributed by atoms with E-state index >= 15 is 0 Å². The van der Waals surface area contributed by atoms with E-state index in [0.29, 0.717) is 0 Å². The molecule has 0 aromatic heterocycles. The lowest BCUT2D eigenvalue weighted by molar-refractivity contribution is 0.441. The fourth-order valence-electron chi connectivity index (χ4n) is 1.72. The van der Waals surface area contributed by atoms with Crippen molar-refractivity contribution in [3.8, 4) is 0 Å². The Bertz CT molecular complexity index is 291. The van der Waals surface area contributed by atoms with E-state index in [1.54, 1.807) is 0 Å². The van der Waals surface area contributed by atoms with Gasteiger partial charge >= 0.3 is 0 Å². The van der Waals surface area contributed by atoms with Crippen molar-refractivity contribution in [1.82, 2.24) is 0 Å². The molecule has 0 aromatic rings. The maximum atomic E-state index is 3.96. The third kappa shape index (κ3) is 17.2. The highest BCUT2D eigenvalue weighted by atomic mass is 14.1. The molecule has 0 saturated carbocycles. The van der Waals surface area contributed by atoms with Gasteiger partial charge in [-0.3, -0.25) is 0 Å².